The second kappa shape index (κ2) is 5.48. The highest BCUT2D eigenvalue weighted by Crippen LogP contribution is 2.26. The molecular formula is C12H24N2O2S. The largest absolute Gasteiger partial charge is 0.324 e. The van der Waals surface area contributed by atoms with Gasteiger partial charge in [-0.2, -0.15) is 0 Å². The SMILES string of the molecule is CCC1(C)NC(C(C)C)N(CCS(C)=O)C1=O. The molecule has 0 aromatic rings. The highest BCUT2D eigenvalue weighted by atomic mass is 32.2. The molecule has 1 heterocycles. The van der Waals surface area contributed by atoms with E-state index in [4.69, 9.17) is 0 Å². The van der Waals surface area contributed by atoms with Crippen LogP contribution in [0, 0.1) is 5.92 Å². The Balaban J connectivity index is 2.83. The Morgan fingerprint density at radius 3 is 2.53 bits per heavy atom. The second-order valence-electron chi connectivity index (χ2n) is 5.29. The Morgan fingerprint density at radius 2 is 2.12 bits per heavy atom. The third-order valence-corrected chi connectivity index (χ3v) is 4.25. The molecule has 0 aromatic heterocycles. The lowest BCUT2D eigenvalue weighted by atomic mass is 9.99. The van der Waals surface area contributed by atoms with Gasteiger partial charge in [0.2, 0.25) is 5.91 Å². The minimum Gasteiger partial charge on any atom is -0.324 e. The molecule has 3 unspecified atom stereocenters. The smallest absolute Gasteiger partial charge is 0.243 e. The fraction of sp³-hybridized carbons (Fsp3) is 0.917. The highest BCUT2D eigenvalue weighted by Gasteiger charge is 2.47. The zero-order chi connectivity index (χ0) is 13.2. The van der Waals surface area contributed by atoms with Crippen molar-refractivity contribution in [2.45, 2.75) is 45.8 Å². The molecule has 1 fully saturated rings. The normalized spacial score (nSPS) is 31.3. The van der Waals surface area contributed by atoms with Crippen LogP contribution in [-0.4, -0.2) is 45.3 Å². The van der Waals surface area contributed by atoms with Gasteiger partial charge in [0.05, 0.1) is 11.7 Å². The topological polar surface area (TPSA) is 49.4 Å². The van der Waals surface area contributed by atoms with Crippen LogP contribution in [0.25, 0.3) is 0 Å². The van der Waals surface area contributed by atoms with Crippen LogP contribution in [0.15, 0.2) is 0 Å². The number of hydrogen-bond donors (Lipinski definition) is 1. The molecule has 4 nitrogen and oxygen atoms in total. The van der Waals surface area contributed by atoms with Gasteiger partial charge in [0.25, 0.3) is 0 Å². The van der Waals surface area contributed by atoms with Crippen molar-refractivity contribution in [2.75, 3.05) is 18.6 Å². The summed E-state index contributed by atoms with van der Waals surface area (Å²) < 4.78 is 11.2. The maximum atomic E-state index is 12.4. The molecule has 3 atom stereocenters. The standard InChI is InChI=1S/C12H24N2O2S/c1-6-12(4)11(15)14(7-8-17(5)16)10(13-12)9(2)3/h9-10,13H,6-8H2,1-5H3. The maximum absolute atomic E-state index is 12.4. The van der Waals surface area contributed by atoms with Gasteiger partial charge in [0, 0.05) is 29.4 Å². The molecule has 5 heteroatoms. The number of hydrogen-bond acceptors (Lipinski definition) is 3. The monoisotopic (exact) mass is 260 g/mol. The maximum Gasteiger partial charge on any atom is 0.243 e. The molecule has 0 radical (unpaired) electrons. The van der Waals surface area contributed by atoms with Gasteiger partial charge in [0.15, 0.2) is 0 Å². The van der Waals surface area contributed by atoms with Gasteiger partial charge < -0.3 is 4.90 Å². The van der Waals surface area contributed by atoms with E-state index in [0.29, 0.717) is 18.2 Å². The summed E-state index contributed by atoms with van der Waals surface area (Å²) in [4.78, 5) is 14.2. The molecular weight excluding hydrogens is 236 g/mol. The zero-order valence-electron chi connectivity index (χ0n) is 11.4. The molecule has 0 aromatic carbocycles. The van der Waals surface area contributed by atoms with E-state index in [2.05, 4.69) is 19.2 Å². The molecule has 0 aliphatic carbocycles. The van der Waals surface area contributed by atoms with Gasteiger partial charge in [-0.15, -0.1) is 0 Å². The van der Waals surface area contributed by atoms with Crippen LogP contribution in [0.1, 0.15) is 34.1 Å². The van der Waals surface area contributed by atoms with Crippen LogP contribution in [-0.2, 0) is 15.6 Å². The van der Waals surface area contributed by atoms with Crippen molar-refractivity contribution < 1.29 is 9.00 Å². The van der Waals surface area contributed by atoms with E-state index in [1.807, 2.05) is 18.7 Å². The average molecular weight is 260 g/mol. The van der Waals surface area contributed by atoms with E-state index >= 15 is 0 Å². The summed E-state index contributed by atoms with van der Waals surface area (Å²) in [5.41, 5.74) is -0.454. The van der Waals surface area contributed by atoms with E-state index < -0.39 is 16.3 Å². The summed E-state index contributed by atoms with van der Waals surface area (Å²) in [6.07, 6.45) is 2.52. The predicted octanol–water partition coefficient (Wildman–Crippen LogP) is 0.948. The highest BCUT2D eigenvalue weighted by molar-refractivity contribution is 7.84. The van der Waals surface area contributed by atoms with E-state index in [1.165, 1.54) is 0 Å². The lowest BCUT2D eigenvalue weighted by Gasteiger charge is -2.26. The fourth-order valence-corrected chi connectivity index (χ4v) is 2.61. The molecule has 1 N–H and O–H groups in total. The molecule has 0 saturated carbocycles. The van der Waals surface area contributed by atoms with Gasteiger partial charge >= 0.3 is 0 Å². The van der Waals surface area contributed by atoms with Crippen LogP contribution < -0.4 is 5.32 Å². The molecule has 1 saturated heterocycles. The Kier molecular flexibility index (Phi) is 4.72. The molecule has 0 spiro atoms. The summed E-state index contributed by atoms with van der Waals surface area (Å²) in [7, 11) is -0.853. The van der Waals surface area contributed by atoms with Crippen LogP contribution >= 0.6 is 0 Å². The lowest BCUT2D eigenvalue weighted by molar-refractivity contribution is -0.133. The minimum absolute atomic E-state index is 0.0657. The van der Waals surface area contributed by atoms with E-state index in [1.54, 1.807) is 6.26 Å². The number of nitrogens with one attached hydrogen (secondary N) is 1. The molecule has 1 aliphatic heterocycles. The second-order valence-corrected chi connectivity index (χ2v) is 6.85. The fourth-order valence-electron chi connectivity index (χ4n) is 2.16. The molecule has 1 rings (SSSR count). The summed E-state index contributed by atoms with van der Waals surface area (Å²) in [5, 5.41) is 3.42. The van der Waals surface area contributed by atoms with E-state index in [9.17, 15) is 9.00 Å². The van der Waals surface area contributed by atoms with Gasteiger partial charge in [-0.05, 0) is 19.3 Å². The summed E-state index contributed by atoms with van der Waals surface area (Å²) in [5.74, 6) is 1.05. The van der Waals surface area contributed by atoms with Crippen molar-refractivity contribution in [3.05, 3.63) is 0 Å². The Hall–Kier alpha value is -0.420. The predicted molar refractivity (Wildman–Crippen MR) is 71.1 cm³/mol. The summed E-state index contributed by atoms with van der Waals surface area (Å²) in [6.45, 7) is 8.75. The molecule has 1 amide bonds. The number of carbonyl (C=O) groups excluding carboxylic acids is 1. The minimum atomic E-state index is -0.853. The number of rotatable bonds is 5. The Morgan fingerprint density at radius 1 is 1.53 bits per heavy atom. The van der Waals surface area contributed by atoms with Crippen molar-refractivity contribution in [1.82, 2.24) is 10.2 Å². The Bertz CT molecular complexity index is 320. The zero-order valence-corrected chi connectivity index (χ0v) is 12.3. The van der Waals surface area contributed by atoms with Crippen LogP contribution in [0.5, 0.6) is 0 Å². The van der Waals surface area contributed by atoms with Crippen molar-refractivity contribution in [3.63, 3.8) is 0 Å². The van der Waals surface area contributed by atoms with Crippen LogP contribution in [0.4, 0.5) is 0 Å². The quantitative estimate of drug-likeness (QED) is 0.800. The van der Waals surface area contributed by atoms with E-state index in [0.717, 1.165) is 6.42 Å². The number of carbonyl (C=O) groups is 1. The molecule has 100 valence electrons. The van der Waals surface area contributed by atoms with Gasteiger partial charge in [0.1, 0.15) is 0 Å². The molecule has 0 bridgehead atoms. The summed E-state index contributed by atoms with van der Waals surface area (Å²) in [6, 6.07) is 0. The first-order valence-electron chi connectivity index (χ1n) is 6.20. The van der Waals surface area contributed by atoms with Crippen molar-refractivity contribution in [3.8, 4) is 0 Å². The molecule has 1 aliphatic rings. The first-order chi connectivity index (χ1) is 7.81. The van der Waals surface area contributed by atoms with Crippen molar-refractivity contribution >= 4 is 16.7 Å². The van der Waals surface area contributed by atoms with Crippen molar-refractivity contribution in [2.24, 2.45) is 5.92 Å². The van der Waals surface area contributed by atoms with E-state index in [-0.39, 0.29) is 12.1 Å². The summed E-state index contributed by atoms with van der Waals surface area (Å²) >= 11 is 0. The molecule has 17 heavy (non-hydrogen) atoms. The third kappa shape index (κ3) is 3.07. The van der Waals surface area contributed by atoms with Gasteiger partial charge in [-0.1, -0.05) is 20.8 Å². The Labute approximate surface area is 107 Å². The first kappa shape index (κ1) is 14.6. The van der Waals surface area contributed by atoms with Crippen molar-refractivity contribution in [1.29, 1.82) is 0 Å². The van der Waals surface area contributed by atoms with Crippen LogP contribution in [0.3, 0.4) is 0 Å². The lowest BCUT2D eigenvalue weighted by Crippen LogP contribution is -2.45. The number of nitrogens with zero attached hydrogens (tertiary/aromatic N) is 1. The third-order valence-electron chi connectivity index (χ3n) is 3.49. The first-order valence-corrected chi connectivity index (χ1v) is 7.93. The van der Waals surface area contributed by atoms with Gasteiger partial charge in [-0.25, -0.2) is 0 Å². The van der Waals surface area contributed by atoms with Crippen LogP contribution in [0.2, 0.25) is 0 Å². The van der Waals surface area contributed by atoms with Gasteiger partial charge in [-0.3, -0.25) is 14.3 Å². The number of amides is 1. The average Bonchev–Trinajstić information content (AvgIpc) is 2.50.